The number of aromatic nitrogens is 5. The number of amides is 1. The Hall–Kier alpha value is -2.96. The molecule has 1 amide bonds. The van der Waals surface area contributed by atoms with Crippen LogP contribution in [-0.4, -0.2) is 31.1 Å². The number of nitrogens with one attached hydrogen (secondary N) is 2. The number of rotatable bonds is 3. The number of aryl methyl sites for hydroxylation is 1. The number of benzene rings is 1. The van der Waals surface area contributed by atoms with Crippen LogP contribution >= 0.6 is 0 Å². The van der Waals surface area contributed by atoms with Crippen molar-refractivity contribution in [3.05, 3.63) is 53.5 Å². The van der Waals surface area contributed by atoms with E-state index in [1.165, 1.54) is 11.0 Å². The molecule has 0 unspecified atom stereocenters. The van der Waals surface area contributed by atoms with Gasteiger partial charge in [-0.1, -0.05) is 18.2 Å². The molecule has 2 aromatic heterocycles. The molecule has 0 aliphatic heterocycles. The number of aromatic amines is 1. The third kappa shape index (κ3) is 2.53. The second kappa shape index (κ2) is 5.20. The Morgan fingerprint density at radius 2 is 2.00 bits per heavy atom. The second-order valence-electron chi connectivity index (χ2n) is 4.63. The van der Waals surface area contributed by atoms with Crippen molar-refractivity contribution in [1.82, 2.24) is 25.2 Å². The lowest BCUT2D eigenvalue weighted by Gasteiger charge is -2.00. The standard InChI is InChI=1S/C14H14N6O/c1-9-10(2)17-18-13(9)16-14(21)12-8-15-20(19-12)11-6-4-3-5-7-11/h3-8H,1-2H3,(H2,16,17,18,21). The van der Waals surface area contributed by atoms with Crippen LogP contribution in [0.5, 0.6) is 0 Å². The fraction of sp³-hybridized carbons (Fsp3) is 0.143. The first kappa shape index (κ1) is 13.0. The van der Waals surface area contributed by atoms with Crippen LogP contribution in [0, 0.1) is 13.8 Å². The normalized spacial score (nSPS) is 10.6. The van der Waals surface area contributed by atoms with E-state index in [0.29, 0.717) is 5.82 Å². The van der Waals surface area contributed by atoms with Gasteiger partial charge in [0, 0.05) is 11.3 Å². The maximum absolute atomic E-state index is 12.1. The third-order valence-corrected chi connectivity index (χ3v) is 3.20. The summed E-state index contributed by atoms with van der Waals surface area (Å²) in [5.74, 6) is 0.165. The molecule has 0 bridgehead atoms. The van der Waals surface area contributed by atoms with Crippen molar-refractivity contribution in [3.63, 3.8) is 0 Å². The lowest BCUT2D eigenvalue weighted by molar-refractivity contribution is 0.102. The molecule has 2 N–H and O–H groups in total. The molecule has 0 saturated carbocycles. The molecule has 3 rings (SSSR count). The van der Waals surface area contributed by atoms with Gasteiger partial charge in [0.05, 0.1) is 11.9 Å². The fourth-order valence-electron chi connectivity index (χ4n) is 1.83. The van der Waals surface area contributed by atoms with Crippen molar-refractivity contribution in [2.24, 2.45) is 0 Å². The number of carbonyl (C=O) groups excluding carboxylic acids is 1. The van der Waals surface area contributed by atoms with Gasteiger partial charge in [-0.3, -0.25) is 9.89 Å². The predicted molar refractivity (Wildman–Crippen MR) is 77.4 cm³/mol. The number of nitrogens with zero attached hydrogens (tertiary/aromatic N) is 4. The molecule has 0 aliphatic rings. The number of hydrogen-bond donors (Lipinski definition) is 2. The summed E-state index contributed by atoms with van der Waals surface area (Å²) in [4.78, 5) is 13.6. The van der Waals surface area contributed by atoms with Gasteiger partial charge in [-0.05, 0) is 26.0 Å². The third-order valence-electron chi connectivity index (χ3n) is 3.20. The Morgan fingerprint density at radius 1 is 1.24 bits per heavy atom. The van der Waals surface area contributed by atoms with E-state index in [-0.39, 0.29) is 11.6 Å². The van der Waals surface area contributed by atoms with E-state index in [9.17, 15) is 4.79 Å². The average Bonchev–Trinajstić information content (AvgIpc) is 3.11. The molecule has 0 fully saturated rings. The monoisotopic (exact) mass is 282 g/mol. The van der Waals surface area contributed by atoms with Gasteiger partial charge in [0.15, 0.2) is 11.5 Å². The zero-order valence-electron chi connectivity index (χ0n) is 11.7. The Labute approximate surface area is 121 Å². The maximum atomic E-state index is 12.1. The van der Waals surface area contributed by atoms with Crippen molar-refractivity contribution in [3.8, 4) is 5.69 Å². The largest absolute Gasteiger partial charge is 0.303 e. The van der Waals surface area contributed by atoms with Crippen molar-refractivity contribution < 1.29 is 4.79 Å². The van der Waals surface area contributed by atoms with Crippen LogP contribution in [0.2, 0.25) is 0 Å². The molecule has 0 spiro atoms. The van der Waals surface area contributed by atoms with Crippen LogP contribution in [0.25, 0.3) is 5.69 Å². The zero-order valence-corrected chi connectivity index (χ0v) is 11.7. The van der Waals surface area contributed by atoms with Gasteiger partial charge in [0.2, 0.25) is 0 Å². The molecule has 0 atom stereocenters. The molecule has 1 aromatic carbocycles. The molecule has 7 nitrogen and oxygen atoms in total. The molecule has 106 valence electrons. The predicted octanol–water partition coefficient (Wildman–Crippen LogP) is 1.86. The first-order valence-corrected chi connectivity index (χ1v) is 6.46. The van der Waals surface area contributed by atoms with Crippen LogP contribution in [0.4, 0.5) is 5.82 Å². The minimum absolute atomic E-state index is 0.235. The summed E-state index contributed by atoms with van der Waals surface area (Å²) in [6.45, 7) is 3.78. The molecule has 0 aliphatic carbocycles. The van der Waals surface area contributed by atoms with Crippen LogP contribution in [0.1, 0.15) is 21.7 Å². The molecule has 7 heteroatoms. The summed E-state index contributed by atoms with van der Waals surface area (Å²) >= 11 is 0. The van der Waals surface area contributed by atoms with Gasteiger partial charge >= 0.3 is 0 Å². The SMILES string of the molecule is Cc1[nH]nc(NC(=O)c2cnn(-c3ccccc3)n2)c1C. The summed E-state index contributed by atoms with van der Waals surface area (Å²) in [5, 5.41) is 17.8. The Kier molecular flexibility index (Phi) is 3.23. The lowest BCUT2D eigenvalue weighted by atomic mass is 10.3. The number of anilines is 1. The molecule has 0 saturated heterocycles. The number of H-pyrrole nitrogens is 1. The lowest BCUT2D eigenvalue weighted by Crippen LogP contribution is -2.14. The van der Waals surface area contributed by atoms with E-state index >= 15 is 0 Å². The second-order valence-corrected chi connectivity index (χ2v) is 4.63. The summed E-state index contributed by atoms with van der Waals surface area (Å²) in [6.07, 6.45) is 1.43. The average molecular weight is 282 g/mol. The highest BCUT2D eigenvalue weighted by Gasteiger charge is 2.14. The summed E-state index contributed by atoms with van der Waals surface area (Å²) in [7, 11) is 0. The van der Waals surface area contributed by atoms with Crippen LogP contribution in [-0.2, 0) is 0 Å². The van der Waals surface area contributed by atoms with E-state index in [0.717, 1.165) is 16.9 Å². The number of hydrogen-bond acceptors (Lipinski definition) is 4. The first-order valence-electron chi connectivity index (χ1n) is 6.46. The van der Waals surface area contributed by atoms with E-state index in [2.05, 4.69) is 25.7 Å². The number of carbonyl (C=O) groups is 1. The fourth-order valence-corrected chi connectivity index (χ4v) is 1.83. The van der Waals surface area contributed by atoms with Gasteiger partial charge in [-0.2, -0.15) is 15.0 Å². The topological polar surface area (TPSA) is 88.5 Å². The zero-order chi connectivity index (χ0) is 14.8. The van der Waals surface area contributed by atoms with Crippen molar-refractivity contribution in [2.75, 3.05) is 5.32 Å². The highest BCUT2D eigenvalue weighted by molar-refractivity contribution is 6.02. The quantitative estimate of drug-likeness (QED) is 0.767. The molecular formula is C14H14N6O. The minimum atomic E-state index is -0.341. The molecule has 21 heavy (non-hydrogen) atoms. The van der Waals surface area contributed by atoms with E-state index < -0.39 is 0 Å². The van der Waals surface area contributed by atoms with Crippen molar-refractivity contribution in [2.45, 2.75) is 13.8 Å². The Bertz CT molecular complexity index is 774. The van der Waals surface area contributed by atoms with Gasteiger partial charge in [-0.15, -0.1) is 5.10 Å². The smallest absolute Gasteiger partial charge is 0.279 e. The molecular weight excluding hydrogens is 268 g/mol. The highest BCUT2D eigenvalue weighted by Crippen LogP contribution is 2.14. The van der Waals surface area contributed by atoms with Gasteiger partial charge < -0.3 is 5.32 Å². The van der Waals surface area contributed by atoms with Crippen molar-refractivity contribution in [1.29, 1.82) is 0 Å². The van der Waals surface area contributed by atoms with Crippen LogP contribution in [0.3, 0.4) is 0 Å². The van der Waals surface area contributed by atoms with Crippen LogP contribution < -0.4 is 5.32 Å². The highest BCUT2D eigenvalue weighted by atomic mass is 16.2. The minimum Gasteiger partial charge on any atom is -0.303 e. The van der Waals surface area contributed by atoms with Gasteiger partial charge in [0.25, 0.3) is 5.91 Å². The number of para-hydroxylation sites is 1. The van der Waals surface area contributed by atoms with Crippen LogP contribution in [0.15, 0.2) is 36.5 Å². The van der Waals surface area contributed by atoms with E-state index in [1.54, 1.807) is 0 Å². The molecule has 0 radical (unpaired) electrons. The summed E-state index contributed by atoms with van der Waals surface area (Å²) < 4.78 is 0. The maximum Gasteiger partial charge on any atom is 0.279 e. The molecule has 2 heterocycles. The van der Waals surface area contributed by atoms with Gasteiger partial charge in [-0.25, -0.2) is 0 Å². The van der Waals surface area contributed by atoms with Gasteiger partial charge in [0.1, 0.15) is 0 Å². The van der Waals surface area contributed by atoms with Crippen molar-refractivity contribution >= 4 is 11.7 Å². The van der Waals surface area contributed by atoms with E-state index in [1.807, 2.05) is 44.2 Å². The molecule has 3 aromatic rings. The Balaban J connectivity index is 1.80. The van der Waals surface area contributed by atoms with E-state index in [4.69, 9.17) is 0 Å². The first-order chi connectivity index (χ1) is 10.1. The summed E-state index contributed by atoms with van der Waals surface area (Å²) in [5.41, 5.74) is 2.85. The Morgan fingerprint density at radius 3 is 2.67 bits per heavy atom. The summed E-state index contributed by atoms with van der Waals surface area (Å²) in [6, 6.07) is 9.40.